The zero-order valence-corrected chi connectivity index (χ0v) is 16.0. The fraction of sp³-hybridized carbons (Fsp3) is 0.688. The Hall–Kier alpha value is -2.73. The third-order valence-electron chi connectivity index (χ3n) is 3.60. The zero-order chi connectivity index (χ0) is 22.0. The van der Waals surface area contributed by atoms with Crippen molar-refractivity contribution in [3.05, 3.63) is 0 Å². The van der Waals surface area contributed by atoms with Crippen LogP contribution >= 0.6 is 0 Å². The van der Waals surface area contributed by atoms with E-state index in [4.69, 9.17) is 15.9 Å². The zero-order valence-electron chi connectivity index (χ0n) is 16.0. The number of hydrogen-bond acceptors (Lipinski definition) is 7. The van der Waals surface area contributed by atoms with Crippen LogP contribution < -0.4 is 21.7 Å². The minimum absolute atomic E-state index is 0.000363. The number of aliphatic hydroxyl groups excluding tert-OH is 1. The number of hydrogen-bond donors (Lipinski definition) is 7. The Bertz CT molecular complexity index is 593. The van der Waals surface area contributed by atoms with Crippen LogP contribution in [-0.4, -0.2) is 75.8 Å². The van der Waals surface area contributed by atoms with Crippen LogP contribution in [0.4, 0.5) is 0 Å². The maximum absolute atomic E-state index is 12.5. The molecule has 28 heavy (non-hydrogen) atoms. The summed E-state index contributed by atoms with van der Waals surface area (Å²) in [6.45, 7) is 4.44. The van der Waals surface area contributed by atoms with Gasteiger partial charge in [-0.1, -0.05) is 13.8 Å². The van der Waals surface area contributed by atoms with Crippen molar-refractivity contribution in [2.45, 2.75) is 57.8 Å². The monoisotopic (exact) mass is 404 g/mol. The fourth-order valence-electron chi connectivity index (χ4n) is 2.25. The van der Waals surface area contributed by atoms with Crippen LogP contribution in [0.25, 0.3) is 0 Å². The molecule has 0 aliphatic heterocycles. The van der Waals surface area contributed by atoms with Gasteiger partial charge in [-0.15, -0.1) is 0 Å². The molecule has 0 aliphatic carbocycles. The van der Waals surface area contributed by atoms with Crippen molar-refractivity contribution < 1.29 is 39.3 Å². The molecule has 4 atom stereocenters. The molecule has 0 heterocycles. The minimum Gasteiger partial charge on any atom is -0.481 e. The highest BCUT2D eigenvalue weighted by atomic mass is 16.4. The molecule has 0 bridgehead atoms. The number of aliphatic carboxylic acids is 2. The molecule has 0 fully saturated rings. The summed E-state index contributed by atoms with van der Waals surface area (Å²) in [4.78, 5) is 58.1. The van der Waals surface area contributed by atoms with Crippen LogP contribution in [0.1, 0.15) is 33.6 Å². The Balaban J connectivity index is 5.30. The van der Waals surface area contributed by atoms with E-state index in [1.807, 2.05) is 5.32 Å². The van der Waals surface area contributed by atoms with Crippen molar-refractivity contribution in [3.8, 4) is 0 Å². The molecule has 0 rings (SSSR count). The van der Waals surface area contributed by atoms with Crippen LogP contribution in [0, 0.1) is 5.92 Å². The van der Waals surface area contributed by atoms with Gasteiger partial charge in [0.05, 0.1) is 19.1 Å². The van der Waals surface area contributed by atoms with Crippen molar-refractivity contribution in [1.82, 2.24) is 16.0 Å². The Morgan fingerprint density at radius 3 is 1.86 bits per heavy atom. The Kier molecular flexibility index (Phi) is 10.7. The molecule has 0 aromatic rings. The van der Waals surface area contributed by atoms with Crippen molar-refractivity contribution >= 4 is 29.7 Å². The van der Waals surface area contributed by atoms with Crippen LogP contribution in [0.15, 0.2) is 0 Å². The summed E-state index contributed by atoms with van der Waals surface area (Å²) in [6.07, 6.45) is -2.08. The average Bonchev–Trinajstić information content (AvgIpc) is 2.56. The van der Waals surface area contributed by atoms with E-state index in [1.54, 1.807) is 13.8 Å². The normalized spacial score (nSPS) is 15.1. The van der Waals surface area contributed by atoms with Gasteiger partial charge in [0.25, 0.3) is 0 Å². The van der Waals surface area contributed by atoms with Gasteiger partial charge in [0.1, 0.15) is 18.1 Å². The van der Waals surface area contributed by atoms with Crippen LogP contribution in [0.3, 0.4) is 0 Å². The first-order valence-corrected chi connectivity index (χ1v) is 8.61. The summed E-state index contributed by atoms with van der Waals surface area (Å²) >= 11 is 0. The molecule has 0 saturated heterocycles. The number of carbonyl (C=O) groups excluding carboxylic acids is 3. The van der Waals surface area contributed by atoms with E-state index in [1.165, 1.54) is 6.92 Å². The van der Waals surface area contributed by atoms with Crippen molar-refractivity contribution in [2.75, 3.05) is 6.54 Å². The van der Waals surface area contributed by atoms with Gasteiger partial charge in [-0.05, 0) is 19.3 Å². The van der Waals surface area contributed by atoms with Gasteiger partial charge in [-0.2, -0.15) is 0 Å². The molecule has 12 heteroatoms. The molecule has 12 nitrogen and oxygen atoms in total. The lowest BCUT2D eigenvalue weighted by molar-refractivity contribution is -0.148. The molecule has 8 N–H and O–H groups in total. The van der Waals surface area contributed by atoms with Gasteiger partial charge in [0, 0.05) is 0 Å². The Morgan fingerprint density at radius 2 is 1.46 bits per heavy atom. The quantitative estimate of drug-likeness (QED) is 0.181. The third-order valence-corrected chi connectivity index (χ3v) is 3.60. The Labute approximate surface area is 161 Å². The molecule has 0 aromatic carbocycles. The first kappa shape index (κ1) is 25.3. The van der Waals surface area contributed by atoms with Crippen LogP contribution in [0.5, 0.6) is 0 Å². The highest BCUT2D eigenvalue weighted by molar-refractivity contribution is 5.94. The van der Waals surface area contributed by atoms with E-state index in [0.29, 0.717) is 0 Å². The van der Waals surface area contributed by atoms with E-state index in [0.717, 1.165) is 0 Å². The molecule has 0 radical (unpaired) electrons. The molecule has 160 valence electrons. The molecule has 0 saturated carbocycles. The summed E-state index contributed by atoms with van der Waals surface area (Å²) in [6, 6.07) is -4.33. The van der Waals surface area contributed by atoms with Gasteiger partial charge in [-0.3, -0.25) is 19.2 Å². The second-order valence-electron chi connectivity index (χ2n) is 6.68. The van der Waals surface area contributed by atoms with Gasteiger partial charge < -0.3 is 37.0 Å². The first-order valence-electron chi connectivity index (χ1n) is 8.61. The molecule has 3 amide bonds. The highest BCUT2D eigenvalue weighted by Gasteiger charge is 2.33. The Morgan fingerprint density at radius 1 is 0.893 bits per heavy atom. The van der Waals surface area contributed by atoms with Gasteiger partial charge in [-0.25, -0.2) is 4.79 Å². The summed E-state index contributed by atoms with van der Waals surface area (Å²) in [7, 11) is 0. The number of carbonyl (C=O) groups is 5. The maximum Gasteiger partial charge on any atom is 0.326 e. The third kappa shape index (κ3) is 9.28. The lowest BCUT2D eigenvalue weighted by Gasteiger charge is -2.26. The maximum atomic E-state index is 12.5. The van der Waals surface area contributed by atoms with Crippen LogP contribution in [-0.2, 0) is 24.0 Å². The second-order valence-corrected chi connectivity index (χ2v) is 6.68. The highest BCUT2D eigenvalue weighted by Crippen LogP contribution is 2.06. The van der Waals surface area contributed by atoms with Gasteiger partial charge in [0.15, 0.2) is 0 Å². The number of carboxylic acid groups (broad SMARTS) is 2. The SMILES string of the molecule is CC(C)CC(NC(=O)CN)C(=O)NC(C(=O)NC(CC(=O)O)C(=O)O)C(C)O. The van der Waals surface area contributed by atoms with Crippen molar-refractivity contribution in [3.63, 3.8) is 0 Å². The predicted octanol–water partition coefficient (Wildman–Crippen LogP) is -2.61. The number of nitrogens with one attached hydrogen (secondary N) is 3. The topological polar surface area (TPSA) is 208 Å². The number of aliphatic hydroxyl groups is 1. The second kappa shape index (κ2) is 11.9. The molecular weight excluding hydrogens is 376 g/mol. The summed E-state index contributed by atoms with van der Waals surface area (Å²) in [5.74, 6) is -5.48. The molecule has 4 unspecified atom stereocenters. The number of carboxylic acids is 2. The van der Waals surface area contributed by atoms with Crippen LogP contribution in [0.2, 0.25) is 0 Å². The summed E-state index contributed by atoms with van der Waals surface area (Å²) < 4.78 is 0. The van der Waals surface area contributed by atoms with Crippen molar-refractivity contribution in [1.29, 1.82) is 0 Å². The van der Waals surface area contributed by atoms with E-state index < -0.39 is 60.3 Å². The number of rotatable bonds is 12. The fourth-order valence-corrected chi connectivity index (χ4v) is 2.25. The van der Waals surface area contributed by atoms with E-state index in [2.05, 4.69) is 10.6 Å². The minimum atomic E-state index is -1.74. The number of amides is 3. The average molecular weight is 404 g/mol. The molecule has 0 aromatic heterocycles. The van der Waals surface area contributed by atoms with E-state index in [9.17, 15) is 29.1 Å². The predicted molar refractivity (Wildman–Crippen MR) is 95.9 cm³/mol. The summed E-state index contributed by atoms with van der Waals surface area (Å²) in [5.41, 5.74) is 5.22. The van der Waals surface area contributed by atoms with E-state index >= 15 is 0 Å². The molecular formula is C16H28N4O8. The van der Waals surface area contributed by atoms with Gasteiger partial charge >= 0.3 is 11.9 Å². The lowest BCUT2D eigenvalue weighted by atomic mass is 10.0. The lowest BCUT2D eigenvalue weighted by Crippen LogP contribution is -2.59. The first-order chi connectivity index (χ1) is 12.9. The van der Waals surface area contributed by atoms with E-state index in [-0.39, 0.29) is 18.9 Å². The summed E-state index contributed by atoms with van der Waals surface area (Å²) in [5, 5.41) is 34.1. The number of nitrogens with two attached hydrogens (primary N) is 1. The standard InChI is InChI=1S/C16H28N4O8/c1-7(2)4-9(18-11(22)6-17)14(25)20-13(8(3)21)15(26)19-10(16(27)28)5-12(23)24/h7-10,13,21H,4-6,17H2,1-3H3,(H,18,22)(H,19,26)(H,20,25)(H,23,24)(H,27,28). The smallest absolute Gasteiger partial charge is 0.326 e. The largest absolute Gasteiger partial charge is 0.481 e. The van der Waals surface area contributed by atoms with Crippen molar-refractivity contribution in [2.24, 2.45) is 11.7 Å². The molecule has 0 aliphatic rings. The van der Waals surface area contributed by atoms with Gasteiger partial charge in [0.2, 0.25) is 17.7 Å². The molecule has 0 spiro atoms.